The summed E-state index contributed by atoms with van der Waals surface area (Å²) in [6.07, 6.45) is 1.02. The third-order valence-corrected chi connectivity index (χ3v) is 3.32. The Labute approximate surface area is 106 Å². The van der Waals surface area contributed by atoms with Gasteiger partial charge in [0.2, 0.25) is 0 Å². The van der Waals surface area contributed by atoms with Gasteiger partial charge in [0.05, 0.1) is 0 Å². The van der Waals surface area contributed by atoms with Crippen LogP contribution in [0.15, 0.2) is 12.1 Å². The highest BCUT2D eigenvalue weighted by atomic mass is 35.5. The summed E-state index contributed by atoms with van der Waals surface area (Å²) in [6.45, 7) is 4.27. The van der Waals surface area contributed by atoms with Crippen molar-refractivity contribution in [2.45, 2.75) is 26.3 Å². The summed E-state index contributed by atoms with van der Waals surface area (Å²) in [6, 6.07) is 3.53. The van der Waals surface area contributed by atoms with Crippen LogP contribution < -0.4 is 10.6 Å². The number of halogens is 1. The second-order valence-corrected chi connectivity index (χ2v) is 5.42. The molecule has 0 aliphatic heterocycles. The quantitative estimate of drug-likeness (QED) is 0.813. The normalized spacial score (nSPS) is 20.8. The van der Waals surface area contributed by atoms with Gasteiger partial charge in [-0.25, -0.2) is 4.98 Å². The zero-order valence-corrected chi connectivity index (χ0v) is 10.9. The maximum Gasteiger partial charge on any atom is 0.251 e. The van der Waals surface area contributed by atoms with E-state index in [2.05, 4.69) is 29.5 Å². The van der Waals surface area contributed by atoms with Crippen molar-refractivity contribution in [2.24, 2.45) is 5.41 Å². The van der Waals surface area contributed by atoms with E-state index in [0.29, 0.717) is 16.5 Å². The average molecular weight is 254 g/mol. The van der Waals surface area contributed by atoms with Crippen LogP contribution in [0.5, 0.6) is 0 Å². The van der Waals surface area contributed by atoms with Gasteiger partial charge in [-0.3, -0.25) is 4.79 Å². The lowest BCUT2D eigenvalue weighted by Gasteiger charge is -2.08. The average Bonchev–Trinajstić information content (AvgIpc) is 2.85. The monoisotopic (exact) mass is 253 g/mol. The first-order valence-corrected chi connectivity index (χ1v) is 5.96. The molecule has 0 radical (unpaired) electrons. The molecule has 0 spiro atoms. The van der Waals surface area contributed by atoms with E-state index < -0.39 is 0 Å². The molecule has 92 valence electrons. The van der Waals surface area contributed by atoms with Crippen molar-refractivity contribution >= 4 is 23.3 Å². The predicted molar refractivity (Wildman–Crippen MR) is 68.4 cm³/mol. The fourth-order valence-corrected chi connectivity index (χ4v) is 1.92. The van der Waals surface area contributed by atoms with Gasteiger partial charge in [0.25, 0.3) is 5.91 Å². The van der Waals surface area contributed by atoms with Gasteiger partial charge >= 0.3 is 0 Å². The molecule has 2 N–H and O–H groups in total. The van der Waals surface area contributed by atoms with Crippen LogP contribution in [0, 0.1) is 5.41 Å². The van der Waals surface area contributed by atoms with Crippen molar-refractivity contribution in [3.05, 3.63) is 22.8 Å². The Hall–Kier alpha value is -1.29. The van der Waals surface area contributed by atoms with Gasteiger partial charge in [-0.2, -0.15) is 0 Å². The third-order valence-electron chi connectivity index (χ3n) is 3.13. The first-order valence-electron chi connectivity index (χ1n) is 5.58. The number of pyridine rings is 1. The summed E-state index contributed by atoms with van der Waals surface area (Å²) >= 11 is 5.85. The Kier molecular flexibility index (Phi) is 3.00. The molecular weight excluding hydrogens is 238 g/mol. The van der Waals surface area contributed by atoms with E-state index >= 15 is 0 Å². The Morgan fingerprint density at radius 2 is 2.18 bits per heavy atom. The van der Waals surface area contributed by atoms with Crippen molar-refractivity contribution in [2.75, 3.05) is 12.4 Å². The third kappa shape index (κ3) is 2.69. The Morgan fingerprint density at radius 1 is 1.53 bits per heavy atom. The van der Waals surface area contributed by atoms with Gasteiger partial charge in [-0.1, -0.05) is 25.4 Å². The Balaban J connectivity index is 2.11. The van der Waals surface area contributed by atoms with Crippen molar-refractivity contribution in [3.8, 4) is 0 Å². The summed E-state index contributed by atoms with van der Waals surface area (Å²) in [5.74, 6) is 0.499. The molecule has 5 heteroatoms. The second kappa shape index (κ2) is 4.18. The number of rotatable bonds is 3. The summed E-state index contributed by atoms with van der Waals surface area (Å²) in [5, 5.41) is 6.18. The fourth-order valence-electron chi connectivity index (χ4n) is 1.71. The lowest BCUT2D eigenvalue weighted by atomic mass is 10.2. The topological polar surface area (TPSA) is 54.0 Å². The van der Waals surface area contributed by atoms with Crippen LogP contribution in [0.1, 0.15) is 30.6 Å². The molecule has 1 heterocycles. The minimum atomic E-state index is -0.0959. The second-order valence-electron chi connectivity index (χ2n) is 5.03. The highest BCUT2D eigenvalue weighted by Gasteiger charge is 2.46. The van der Waals surface area contributed by atoms with Crippen LogP contribution >= 0.6 is 11.6 Å². The van der Waals surface area contributed by atoms with E-state index in [0.717, 1.165) is 6.42 Å². The molecule has 4 nitrogen and oxygen atoms in total. The van der Waals surface area contributed by atoms with Gasteiger partial charge in [-0.05, 0) is 24.0 Å². The molecule has 1 amide bonds. The SMILES string of the molecule is CNc1cc(C(=O)NC2CC2(C)C)cc(Cl)n1. The van der Waals surface area contributed by atoms with Crippen LogP contribution in [0.25, 0.3) is 0 Å². The van der Waals surface area contributed by atoms with Gasteiger partial charge in [-0.15, -0.1) is 0 Å². The van der Waals surface area contributed by atoms with Crippen LogP contribution in [0.2, 0.25) is 5.15 Å². The van der Waals surface area contributed by atoms with Crippen molar-refractivity contribution in [1.82, 2.24) is 10.3 Å². The number of carbonyl (C=O) groups is 1. The summed E-state index contributed by atoms with van der Waals surface area (Å²) in [5.41, 5.74) is 0.759. The maximum absolute atomic E-state index is 12.0. The molecule has 1 aromatic heterocycles. The molecular formula is C12H16ClN3O. The molecule has 1 unspecified atom stereocenters. The van der Waals surface area contributed by atoms with Gasteiger partial charge in [0, 0.05) is 18.7 Å². The van der Waals surface area contributed by atoms with Crippen molar-refractivity contribution < 1.29 is 4.79 Å². The number of nitrogens with zero attached hydrogens (tertiary/aromatic N) is 1. The van der Waals surface area contributed by atoms with Gasteiger partial charge < -0.3 is 10.6 Å². The van der Waals surface area contributed by atoms with Gasteiger partial charge in [0.15, 0.2) is 0 Å². The predicted octanol–water partition coefficient (Wildman–Crippen LogP) is 2.31. The zero-order valence-electron chi connectivity index (χ0n) is 10.2. The maximum atomic E-state index is 12.0. The molecule has 1 aliphatic carbocycles. The van der Waals surface area contributed by atoms with E-state index in [1.807, 2.05) is 0 Å². The summed E-state index contributed by atoms with van der Waals surface area (Å²) < 4.78 is 0. The molecule has 17 heavy (non-hydrogen) atoms. The largest absolute Gasteiger partial charge is 0.373 e. The highest BCUT2D eigenvalue weighted by molar-refractivity contribution is 6.29. The number of nitrogens with one attached hydrogen (secondary N) is 2. The van der Waals surface area contributed by atoms with E-state index in [4.69, 9.17) is 11.6 Å². The van der Waals surface area contributed by atoms with E-state index in [-0.39, 0.29) is 17.4 Å². The molecule has 0 saturated heterocycles. The number of anilines is 1. The number of carbonyl (C=O) groups excluding carboxylic acids is 1. The smallest absolute Gasteiger partial charge is 0.251 e. The number of amides is 1. The number of hydrogen-bond donors (Lipinski definition) is 2. The lowest BCUT2D eigenvalue weighted by Crippen LogP contribution is -2.28. The summed E-state index contributed by atoms with van der Waals surface area (Å²) in [4.78, 5) is 16.0. The van der Waals surface area contributed by atoms with Crippen LogP contribution in [-0.2, 0) is 0 Å². The van der Waals surface area contributed by atoms with Gasteiger partial charge in [0.1, 0.15) is 11.0 Å². The molecule has 1 fully saturated rings. The standard InChI is InChI=1S/C12H16ClN3O/c1-12(2)6-8(12)15-11(17)7-4-9(13)16-10(5-7)14-3/h4-5,8H,6H2,1-3H3,(H,14,16)(H,15,17). The molecule has 1 atom stereocenters. The minimum absolute atomic E-state index is 0.0959. The summed E-state index contributed by atoms with van der Waals surface area (Å²) in [7, 11) is 1.74. The van der Waals surface area contributed by atoms with Crippen molar-refractivity contribution in [3.63, 3.8) is 0 Å². The van der Waals surface area contributed by atoms with E-state index in [9.17, 15) is 4.79 Å². The fraction of sp³-hybridized carbons (Fsp3) is 0.500. The molecule has 1 saturated carbocycles. The Bertz CT molecular complexity index is 459. The van der Waals surface area contributed by atoms with Crippen LogP contribution in [0.4, 0.5) is 5.82 Å². The van der Waals surface area contributed by atoms with E-state index in [1.165, 1.54) is 0 Å². The van der Waals surface area contributed by atoms with E-state index in [1.54, 1.807) is 19.2 Å². The Morgan fingerprint density at radius 3 is 2.71 bits per heavy atom. The number of hydrogen-bond acceptors (Lipinski definition) is 3. The molecule has 1 aliphatic rings. The minimum Gasteiger partial charge on any atom is -0.373 e. The lowest BCUT2D eigenvalue weighted by molar-refractivity contribution is 0.0946. The number of aromatic nitrogens is 1. The molecule has 1 aromatic rings. The van der Waals surface area contributed by atoms with Crippen LogP contribution in [-0.4, -0.2) is 24.0 Å². The first kappa shape index (κ1) is 12.2. The highest BCUT2D eigenvalue weighted by Crippen LogP contribution is 2.44. The van der Waals surface area contributed by atoms with Crippen molar-refractivity contribution in [1.29, 1.82) is 0 Å². The zero-order chi connectivity index (χ0) is 12.6. The first-order chi connectivity index (χ1) is 7.92. The van der Waals surface area contributed by atoms with Crippen LogP contribution in [0.3, 0.4) is 0 Å². The molecule has 0 aromatic carbocycles. The molecule has 2 rings (SSSR count). The molecule has 0 bridgehead atoms.